The summed E-state index contributed by atoms with van der Waals surface area (Å²) in [7, 11) is 2.02. The van der Waals surface area contributed by atoms with Gasteiger partial charge in [-0.3, -0.25) is 4.68 Å². The molecule has 0 spiro atoms. The lowest BCUT2D eigenvalue weighted by atomic mass is 9.93. The minimum Gasteiger partial charge on any atom is -0.378 e. The Morgan fingerprint density at radius 3 is 2.79 bits per heavy atom. The Morgan fingerprint density at radius 1 is 1.58 bits per heavy atom. The maximum atomic E-state index is 5.72. The molecule has 0 radical (unpaired) electrons. The van der Waals surface area contributed by atoms with Gasteiger partial charge in [0.2, 0.25) is 0 Å². The lowest BCUT2D eigenvalue weighted by molar-refractivity contribution is 0.117. The van der Waals surface area contributed by atoms with E-state index in [0.717, 1.165) is 36.2 Å². The SMILES string of the molecule is CCNC(Cc1c(Br)c(C)nn1C)C1COC(C)C1. The van der Waals surface area contributed by atoms with Gasteiger partial charge in [-0.1, -0.05) is 6.92 Å². The van der Waals surface area contributed by atoms with Crippen molar-refractivity contribution in [3.63, 3.8) is 0 Å². The third-order valence-corrected chi connectivity index (χ3v) is 4.97. The van der Waals surface area contributed by atoms with E-state index in [-0.39, 0.29) is 0 Å². The van der Waals surface area contributed by atoms with Crippen LogP contribution in [0.2, 0.25) is 0 Å². The highest BCUT2D eigenvalue weighted by molar-refractivity contribution is 9.10. The maximum absolute atomic E-state index is 5.72. The van der Waals surface area contributed by atoms with Gasteiger partial charge in [-0.05, 0) is 42.7 Å². The Labute approximate surface area is 124 Å². The van der Waals surface area contributed by atoms with Crippen LogP contribution >= 0.6 is 15.9 Å². The Hall–Kier alpha value is -0.390. The van der Waals surface area contributed by atoms with Crippen LogP contribution in [-0.4, -0.2) is 35.1 Å². The molecule has 1 aliphatic rings. The van der Waals surface area contributed by atoms with Crippen molar-refractivity contribution in [1.82, 2.24) is 15.1 Å². The summed E-state index contributed by atoms with van der Waals surface area (Å²) in [5.41, 5.74) is 2.33. The van der Waals surface area contributed by atoms with Crippen molar-refractivity contribution in [1.29, 1.82) is 0 Å². The molecule has 1 aromatic heterocycles. The largest absolute Gasteiger partial charge is 0.378 e. The van der Waals surface area contributed by atoms with Crippen LogP contribution in [0, 0.1) is 12.8 Å². The molecule has 1 N–H and O–H groups in total. The molecular weight excluding hydrogens is 306 g/mol. The lowest BCUT2D eigenvalue weighted by Crippen LogP contribution is -2.39. The summed E-state index contributed by atoms with van der Waals surface area (Å²) in [5, 5.41) is 8.09. The first kappa shape index (κ1) is 15.0. The summed E-state index contributed by atoms with van der Waals surface area (Å²) in [6.07, 6.45) is 2.53. The molecule has 3 atom stereocenters. The number of hydrogen-bond acceptors (Lipinski definition) is 3. The molecule has 0 saturated carbocycles. The van der Waals surface area contributed by atoms with Gasteiger partial charge in [-0.15, -0.1) is 0 Å². The van der Waals surface area contributed by atoms with Gasteiger partial charge in [-0.2, -0.15) is 5.10 Å². The number of halogens is 1. The van der Waals surface area contributed by atoms with E-state index in [2.05, 4.69) is 40.2 Å². The monoisotopic (exact) mass is 329 g/mol. The van der Waals surface area contributed by atoms with Gasteiger partial charge in [0.05, 0.1) is 28.6 Å². The lowest BCUT2D eigenvalue weighted by Gasteiger charge is -2.23. The highest BCUT2D eigenvalue weighted by atomic mass is 79.9. The smallest absolute Gasteiger partial charge is 0.0738 e. The first-order chi connectivity index (χ1) is 9.02. The van der Waals surface area contributed by atoms with E-state index in [1.165, 1.54) is 5.69 Å². The van der Waals surface area contributed by atoms with E-state index in [9.17, 15) is 0 Å². The second-order valence-corrected chi connectivity index (χ2v) is 6.27. The second kappa shape index (κ2) is 6.37. The first-order valence-corrected chi connectivity index (χ1v) is 7.85. The zero-order valence-electron chi connectivity index (χ0n) is 12.2. The molecule has 3 unspecified atom stereocenters. The average molecular weight is 330 g/mol. The van der Waals surface area contributed by atoms with Crippen molar-refractivity contribution in [2.45, 2.75) is 45.8 Å². The second-order valence-electron chi connectivity index (χ2n) is 5.48. The van der Waals surface area contributed by atoms with Crippen LogP contribution in [-0.2, 0) is 18.2 Å². The Kier molecular flexibility index (Phi) is 5.03. The number of rotatable bonds is 5. The summed E-state index contributed by atoms with van der Waals surface area (Å²) in [4.78, 5) is 0. The van der Waals surface area contributed by atoms with Gasteiger partial charge in [0.25, 0.3) is 0 Å². The highest BCUT2D eigenvalue weighted by Gasteiger charge is 2.30. The summed E-state index contributed by atoms with van der Waals surface area (Å²) < 4.78 is 8.85. The van der Waals surface area contributed by atoms with Gasteiger partial charge in [0.1, 0.15) is 0 Å². The fourth-order valence-corrected chi connectivity index (χ4v) is 3.41. The third kappa shape index (κ3) is 3.38. The van der Waals surface area contributed by atoms with Crippen LogP contribution in [0.15, 0.2) is 4.47 Å². The molecule has 19 heavy (non-hydrogen) atoms. The molecule has 0 aromatic carbocycles. The number of aryl methyl sites for hydroxylation is 2. The molecule has 4 nitrogen and oxygen atoms in total. The molecule has 1 saturated heterocycles. The van der Waals surface area contributed by atoms with E-state index in [0.29, 0.717) is 18.1 Å². The fourth-order valence-electron chi connectivity index (χ4n) is 2.91. The van der Waals surface area contributed by atoms with Gasteiger partial charge in [0, 0.05) is 25.4 Å². The average Bonchev–Trinajstić information content (AvgIpc) is 2.88. The molecule has 108 valence electrons. The number of likely N-dealkylation sites (N-methyl/N-ethyl adjacent to an activating group) is 1. The molecule has 0 amide bonds. The van der Waals surface area contributed by atoms with Crippen molar-refractivity contribution in [2.24, 2.45) is 13.0 Å². The van der Waals surface area contributed by atoms with Gasteiger partial charge in [-0.25, -0.2) is 0 Å². The molecule has 1 aliphatic heterocycles. The molecule has 0 aliphatic carbocycles. The van der Waals surface area contributed by atoms with Crippen molar-refractivity contribution < 1.29 is 4.74 Å². The van der Waals surface area contributed by atoms with Gasteiger partial charge >= 0.3 is 0 Å². The molecule has 2 rings (SSSR count). The predicted molar refractivity (Wildman–Crippen MR) is 80.3 cm³/mol. The van der Waals surface area contributed by atoms with Crippen LogP contribution in [0.5, 0.6) is 0 Å². The quantitative estimate of drug-likeness (QED) is 0.901. The van der Waals surface area contributed by atoms with Gasteiger partial charge < -0.3 is 10.1 Å². The number of ether oxygens (including phenoxy) is 1. The number of nitrogens with one attached hydrogen (secondary N) is 1. The zero-order chi connectivity index (χ0) is 14.0. The van der Waals surface area contributed by atoms with Crippen molar-refractivity contribution in [2.75, 3.05) is 13.2 Å². The molecule has 1 fully saturated rings. The molecular formula is C14H24BrN3O. The summed E-state index contributed by atoms with van der Waals surface area (Å²) in [5.74, 6) is 0.594. The number of nitrogens with zero attached hydrogens (tertiary/aromatic N) is 2. The van der Waals surface area contributed by atoms with E-state index in [4.69, 9.17) is 4.74 Å². The summed E-state index contributed by atoms with van der Waals surface area (Å²) >= 11 is 3.66. The van der Waals surface area contributed by atoms with E-state index in [1.54, 1.807) is 0 Å². The van der Waals surface area contributed by atoms with Crippen LogP contribution in [0.25, 0.3) is 0 Å². The summed E-state index contributed by atoms with van der Waals surface area (Å²) in [6.45, 7) is 8.22. The number of hydrogen-bond donors (Lipinski definition) is 1. The predicted octanol–water partition coefficient (Wildman–Crippen LogP) is 2.44. The maximum Gasteiger partial charge on any atom is 0.0738 e. The first-order valence-electron chi connectivity index (χ1n) is 7.05. The fraction of sp³-hybridized carbons (Fsp3) is 0.786. The highest BCUT2D eigenvalue weighted by Crippen LogP contribution is 2.27. The van der Waals surface area contributed by atoms with E-state index in [1.807, 2.05) is 18.7 Å². The van der Waals surface area contributed by atoms with Crippen molar-refractivity contribution in [3.05, 3.63) is 15.9 Å². The van der Waals surface area contributed by atoms with E-state index < -0.39 is 0 Å². The minimum absolute atomic E-state index is 0.392. The number of aromatic nitrogens is 2. The zero-order valence-corrected chi connectivity index (χ0v) is 13.8. The topological polar surface area (TPSA) is 39.1 Å². The van der Waals surface area contributed by atoms with Crippen LogP contribution in [0.1, 0.15) is 31.7 Å². The molecule has 5 heteroatoms. The Balaban J connectivity index is 2.12. The van der Waals surface area contributed by atoms with Crippen LogP contribution in [0.4, 0.5) is 0 Å². The van der Waals surface area contributed by atoms with Crippen LogP contribution in [0.3, 0.4) is 0 Å². The van der Waals surface area contributed by atoms with Crippen molar-refractivity contribution >= 4 is 15.9 Å². The third-order valence-electron chi connectivity index (χ3n) is 3.94. The minimum atomic E-state index is 0.392. The van der Waals surface area contributed by atoms with E-state index >= 15 is 0 Å². The molecule has 2 heterocycles. The Bertz CT molecular complexity index is 433. The molecule has 1 aromatic rings. The molecule has 0 bridgehead atoms. The Morgan fingerprint density at radius 2 is 2.32 bits per heavy atom. The summed E-state index contributed by atoms with van der Waals surface area (Å²) in [6, 6.07) is 0.459. The van der Waals surface area contributed by atoms with Crippen molar-refractivity contribution in [3.8, 4) is 0 Å². The normalized spacial score (nSPS) is 24.9. The standard InChI is InChI=1S/C14H24BrN3O/c1-5-16-12(11-6-9(2)19-8-11)7-13-14(15)10(3)17-18(13)4/h9,11-12,16H,5-8H2,1-4H3. The van der Waals surface area contributed by atoms with Crippen LogP contribution < -0.4 is 5.32 Å². The van der Waals surface area contributed by atoms with Gasteiger partial charge in [0.15, 0.2) is 0 Å².